The van der Waals surface area contributed by atoms with Crippen LogP contribution in [0, 0.1) is 0 Å². The zero-order valence-corrected chi connectivity index (χ0v) is 25.2. The molecule has 46 heavy (non-hydrogen) atoms. The Morgan fingerprint density at radius 1 is 0.739 bits per heavy atom. The standard InChI is InChI=1S/C30H32F6N6O4/c1-5-21-19-9-7-17(29(31,32)33)13-23(19)41(39-21)27(37)15(3)45-25(43)11-12-26(44)46-16(4)28(38)42-24-14-18(30(34,35)36)8-10-20(24)22(6-2)40-42/h7-16,27-28H,5-6,37-38H2,1-4H3/b12-11+/t15?,16?,27-,28-/m0/s1. The minimum Gasteiger partial charge on any atom is -0.456 e. The van der Waals surface area contributed by atoms with Crippen LogP contribution in [0.4, 0.5) is 26.3 Å². The normalized spacial score (nSPS) is 15.3. The van der Waals surface area contributed by atoms with Gasteiger partial charge in [0.15, 0.2) is 0 Å². The van der Waals surface area contributed by atoms with Gasteiger partial charge in [0.2, 0.25) is 0 Å². The van der Waals surface area contributed by atoms with Gasteiger partial charge in [-0.25, -0.2) is 19.0 Å². The third kappa shape index (κ3) is 7.17. The number of carbonyl (C=O) groups excluding carboxylic acids is 2. The van der Waals surface area contributed by atoms with Gasteiger partial charge in [0.25, 0.3) is 0 Å². The molecule has 0 amide bonds. The second-order valence-electron chi connectivity index (χ2n) is 10.5. The van der Waals surface area contributed by atoms with E-state index in [1.54, 1.807) is 13.8 Å². The van der Waals surface area contributed by atoms with E-state index in [4.69, 9.17) is 20.9 Å². The van der Waals surface area contributed by atoms with E-state index >= 15 is 0 Å². The molecule has 0 aliphatic carbocycles. The van der Waals surface area contributed by atoms with Crippen LogP contribution in [-0.2, 0) is 44.3 Å². The first kappa shape index (κ1) is 34.4. The Kier molecular flexibility index (Phi) is 9.82. The van der Waals surface area contributed by atoms with Crippen LogP contribution in [0.15, 0.2) is 48.6 Å². The maximum atomic E-state index is 13.3. The Morgan fingerprint density at radius 2 is 1.09 bits per heavy atom. The van der Waals surface area contributed by atoms with Crippen LogP contribution < -0.4 is 11.5 Å². The molecule has 0 aliphatic rings. The van der Waals surface area contributed by atoms with Crippen molar-refractivity contribution < 1.29 is 45.4 Å². The fourth-order valence-corrected chi connectivity index (χ4v) is 4.85. The molecular formula is C30H32F6N6O4. The van der Waals surface area contributed by atoms with Crippen LogP contribution in [0.3, 0.4) is 0 Å². The average molecular weight is 655 g/mol. The lowest BCUT2D eigenvalue weighted by atomic mass is 10.1. The highest BCUT2D eigenvalue weighted by atomic mass is 19.4. The van der Waals surface area contributed by atoms with Crippen molar-refractivity contribution in [3.05, 3.63) is 71.1 Å². The summed E-state index contributed by atoms with van der Waals surface area (Å²) in [4.78, 5) is 24.9. The predicted octanol–water partition coefficient (Wildman–Crippen LogP) is 5.58. The van der Waals surface area contributed by atoms with Gasteiger partial charge in [0, 0.05) is 22.9 Å². The number of aryl methyl sites for hydroxylation is 2. The number of carbonyl (C=O) groups is 2. The van der Waals surface area contributed by atoms with Gasteiger partial charge in [-0.05, 0) is 51.0 Å². The highest BCUT2D eigenvalue weighted by Crippen LogP contribution is 2.34. The Bertz CT molecular complexity index is 1650. The lowest BCUT2D eigenvalue weighted by Gasteiger charge is -2.21. The minimum atomic E-state index is -4.60. The quantitative estimate of drug-likeness (QED) is 0.128. The molecule has 248 valence electrons. The van der Waals surface area contributed by atoms with E-state index in [0.717, 1.165) is 45.8 Å². The van der Waals surface area contributed by atoms with E-state index in [1.807, 2.05) is 0 Å². The molecule has 16 heteroatoms. The van der Waals surface area contributed by atoms with E-state index in [9.17, 15) is 35.9 Å². The largest absolute Gasteiger partial charge is 0.456 e. The highest BCUT2D eigenvalue weighted by Gasteiger charge is 2.33. The van der Waals surface area contributed by atoms with E-state index in [2.05, 4.69) is 10.2 Å². The predicted molar refractivity (Wildman–Crippen MR) is 155 cm³/mol. The van der Waals surface area contributed by atoms with Gasteiger partial charge in [-0.3, -0.25) is 0 Å². The van der Waals surface area contributed by atoms with Crippen molar-refractivity contribution in [1.82, 2.24) is 19.6 Å². The van der Waals surface area contributed by atoms with Crippen molar-refractivity contribution in [3.63, 3.8) is 0 Å². The summed E-state index contributed by atoms with van der Waals surface area (Å²) in [6, 6.07) is 6.35. The summed E-state index contributed by atoms with van der Waals surface area (Å²) in [6.45, 7) is 6.37. The summed E-state index contributed by atoms with van der Waals surface area (Å²) in [6.07, 6.45) is -11.4. The minimum absolute atomic E-state index is 0.108. The number of alkyl halides is 6. The molecule has 0 saturated heterocycles. The van der Waals surface area contributed by atoms with Crippen molar-refractivity contribution in [3.8, 4) is 0 Å². The zero-order chi connectivity index (χ0) is 34.1. The summed E-state index contributed by atoms with van der Waals surface area (Å²) in [5, 5.41) is 9.57. The smallest absolute Gasteiger partial charge is 0.416 e. The number of esters is 2. The van der Waals surface area contributed by atoms with Crippen LogP contribution in [0.25, 0.3) is 21.8 Å². The van der Waals surface area contributed by atoms with Crippen LogP contribution in [0.2, 0.25) is 0 Å². The first-order valence-corrected chi connectivity index (χ1v) is 14.2. The van der Waals surface area contributed by atoms with Crippen LogP contribution in [0.1, 0.15) is 62.5 Å². The number of aromatic nitrogens is 4. The van der Waals surface area contributed by atoms with Gasteiger partial charge in [-0.15, -0.1) is 0 Å². The van der Waals surface area contributed by atoms with Gasteiger partial charge in [0.05, 0.1) is 33.5 Å². The molecule has 0 fully saturated rings. The summed E-state index contributed by atoms with van der Waals surface area (Å²) >= 11 is 0. The molecular weight excluding hydrogens is 622 g/mol. The number of hydrogen-bond acceptors (Lipinski definition) is 8. The second-order valence-corrected chi connectivity index (χ2v) is 10.5. The molecule has 2 heterocycles. The fraction of sp³-hybridized carbons (Fsp3) is 0.400. The zero-order valence-electron chi connectivity index (χ0n) is 25.2. The van der Waals surface area contributed by atoms with Gasteiger partial charge < -0.3 is 20.9 Å². The number of nitrogens with zero attached hydrogens (tertiary/aromatic N) is 4. The lowest BCUT2D eigenvalue weighted by Crippen LogP contribution is -2.34. The Balaban J connectivity index is 1.43. The first-order chi connectivity index (χ1) is 21.5. The molecule has 4 atom stereocenters. The molecule has 0 radical (unpaired) electrons. The molecule has 0 bridgehead atoms. The van der Waals surface area contributed by atoms with E-state index in [0.29, 0.717) is 35.0 Å². The molecule has 4 aromatic rings. The van der Waals surface area contributed by atoms with Gasteiger partial charge in [0.1, 0.15) is 24.5 Å². The molecule has 2 aromatic carbocycles. The number of benzene rings is 2. The van der Waals surface area contributed by atoms with Crippen molar-refractivity contribution in [1.29, 1.82) is 0 Å². The van der Waals surface area contributed by atoms with Crippen LogP contribution >= 0.6 is 0 Å². The topological polar surface area (TPSA) is 140 Å². The molecule has 4 rings (SSSR count). The Morgan fingerprint density at radius 3 is 1.39 bits per heavy atom. The van der Waals surface area contributed by atoms with Crippen molar-refractivity contribution in [2.75, 3.05) is 0 Å². The van der Waals surface area contributed by atoms with E-state index < -0.39 is 60.0 Å². The van der Waals surface area contributed by atoms with Crippen molar-refractivity contribution in [2.24, 2.45) is 11.5 Å². The second kappa shape index (κ2) is 13.1. The summed E-state index contributed by atoms with van der Waals surface area (Å²) in [5.41, 5.74) is 11.9. The SMILES string of the molecule is CCc1nn([C@H](N)C(C)OC(=O)/C=C/C(=O)OC(C)[C@@H](N)n2nc(CC)c3ccc(C(F)(F)F)cc32)c2cc(C(F)(F)F)ccc12. The number of ether oxygens (including phenoxy) is 2. The number of halogens is 6. The molecule has 0 spiro atoms. The maximum absolute atomic E-state index is 13.3. The average Bonchev–Trinajstić information content (AvgIpc) is 3.55. The summed E-state index contributed by atoms with van der Waals surface area (Å²) in [5.74, 6) is -2.02. The number of hydrogen-bond donors (Lipinski definition) is 2. The first-order valence-electron chi connectivity index (χ1n) is 14.2. The number of fused-ring (bicyclic) bond motifs is 2. The highest BCUT2D eigenvalue weighted by molar-refractivity contribution is 5.92. The monoisotopic (exact) mass is 654 g/mol. The van der Waals surface area contributed by atoms with Gasteiger partial charge >= 0.3 is 24.3 Å². The molecule has 10 nitrogen and oxygen atoms in total. The van der Waals surface area contributed by atoms with Crippen molar-refractivity contribution >= 4 is 33.7 Å². The van der Waals surface area contributed by atoms with Crippen LogP contribution in [-0.4, -0.2) is 43.7 Å². The molecule has 0 saturated carbocycles. The fourth-order valence-electron chi connectivity index (χ4n) is 4.85. The lowest BCUT2D eigenvalue weighted by molar-refractivity contribution is -0.147. The molecule has 0 aliphatic heterocycles. The number of rotatable bonds is 10. The van der Waals surface area contributed by atoms with Gasteiger partial charge in [-0.2, -0.15) is 36.5 Å². The molecule has 4 N–H and O–H groups in total. The molecule has 2 aromatic heterocycles. The molecule has 2 unspecified atom stereocenters. The number of nitrogens with two attached hydrogens (primary N) is 2. The maximum Gasteiger partial charge on any atom is 0.416 e. The van der Waals surface area contributed by atoms with E-state index in [-0.39, 0.29) is 11.0 Å². The van der Waals surface area contributed by atoms with Crippen LogP contribution in [0.5, 0.6) is 0 Å². The third-order valence-corrected chi connectivity index (χ3v) is 7.38. The third-order valence-electron chi connectivity index (χ3n) is 7.38. The van der Waals surface area contributed by atoms with Gasteiger partial charge in [-0.1, -0.05) is 26.0 Å². The summed E-state index contributed by atoms with van der Waals surface area (Å²) < 4.78 is 92.8. The Hall–Kier alpha value is -4.44. The van der Waals surface area contributed by atoms with E-state index in [1.165, 1.54) is 26.0 Å². The summed E-state index contributed by atoms with van der Waals surface area (Å²) in [7, 11) is 0. The van der Waals surface area contributed by atoms with Crippen molar-refractivity contribution in [2.45, 2.75) is 77.4 Å². The Labute approximate surface area is 258 Å².